The summed E-state index contributed by atoms with van der Waals surface area (Å²) in [6.07, 6.45) is 5.25. The molecule has 0 unspecified atom stereocenters. The molecule has 0 amide bonds. The molecule has 2 rings (SSSR count). The van der Waals surface area contributed by atoms with Crippen molar-refractivity contribution in [2.45, 2.75) is 37.6 Å². The maximum Gasteiger partial charge on any atom is 0.272 e. The lowest BCUT2D eigenvalue weighted by Crippen LogP contribution is -2.47. The van der Waals surface area contributed by atoms with Gasteiger partial charge in [0.05, 0.1) is 16.7 Å². The summed E-state index contributed by atoms with van der Waals surface area (Å²) >= 11 is 0. The summed E-state index contributed by atoms with van der Waals surface area (Å²) < 4.78 is 13.7. The molecule has 19 heavy (non-hydrogen) atoms. The molecule has 1 aliphatic carbocycles. The number of nitrogens with zero attached hydrogens (tertiary/aromatic N) is 1. The number of rotatable bonds is 4. The van der Waals surface area contributed by atoms with Gasteiger partial charge in [-0.05, 0) is 18.9 Å². The number of anilines is 1. The highest BCUT2D eigenvalue weighted by atomic mass is 19.1. The van der Waals surface area contributed by atoms with Crippen LogP contribution in [0.25, 0.3) is 0 Å². The Balaban J connectivity index is 2.01. The van der Waals surface area contributed by atoms with Crippen LogP contribution in [0.4, 0.5) is 15.8 Å². The molecule has 1 aromatic rings. The SMILES string of the molecule is NC1(CNc2ccc([N+](=O)[O-])cc2F)CCCCC1. The minimum Gasteiger partial charge on any atom is -0.381 e. The van der Waals surface area contributed by atoms with Crippen LogP contribution in [0.3, 0.4) is 0 Å². The molecule has 0 spiro atoms. The van der Waals surface area contributed by atoms with Gasteiger partial charge < -0.3 is 11.1 Å². The van der Waals surface area contributed by atoms with Gasteiger partial charge in [-0.15, -0.1) is 0 Å². The van der Waals surface area contributed by atoms with E-state index in [0.717, 1.165) is 31.7 Å². The molecule has 5 nitrogen and oxygen atoms in total. The lowest BCUT2D eigenvalue weighted by molar-refractivity contribution is -0.385. The predicted octanol–water partition coefficient (Wildman–Crippen LogP) is 2.81. The van der Waals surface area contributed by atoms with Gasteiger partial charge in [-0.3, -0.25) is 10.1 Å². The highest BCUT2D eigenvalue weighted by Crippen LogP contribution is 2.27. The summed E-state index contributed by atoms with van der Waals surface area (Å²) in [4.78, 5) is 9.91. The van der Waals surface area contributed by atoms with Crippen molar-refractivity contribution in [3.05, 3.63) is 34.1 Å². The number of hydrogen-bond acceptors (Lipinski definition) is 4. The number of nitrogens with two attached hydrogens (primary N) is 1. The van der Waals surface area contributed by atoms with Crippen molar-refractivity contribution < 1.29 is 9.31 Å². The summed E-state index contributed by atoms with van der Waals surface area (Å²) in [5.41, 5.74) is 5.96. The molecule has 1 aromatic carbocycles. The van der Waals surface area contributed by atoms with E-state index in [2.05, 4.69) is 5.32 Å². The van der Waals surface area contributed by atoms with Crippen molar-refractivity contribution in [1.29, 1.82) is 0 Å². The van der Waals surface area contributed by atoms with Crippen LogP contribution in [-0.4, -0.2) is 17.0 Å². The van der Waals surface area contributed by atoms with Crippen LogP contribution in [-0.2, 0) is 0 Å². The van der Waals surface area contributed by atoms with E-state index in [1.54, 1.807) is 0 Å². The molecule has 0 atom stereocenters. The van der Waals surface area contributed by atoms with Crippen LogP contribution in [0.2, 0.25) is 0 Å². The van der Waals surface area contributed by atoms with E-state index in [4.69, 9.17) is 5.73 Å². The van der Waals surface area contributed by atoms with E-state index in [1.165, 1.54) is 18.6 Å². The van der Waals surface area contributed by atoms with Crippen molar-refractivity contribution >= 4 is 11.4 Å². The minimum absolute atomic E-state index is 0.247. The van der Waals surface area contributed by atoms with Gasteiger partial charge in [-0.2, -0.15) is 0 Å². The maximum absolute atomic E-state index is 13.7. The quantitative estimate of drug-likeness (QED) is 0.649. The minimum atomic E-state index is -0.617. The number of benzene rings is 1. The monoisotopic (exact) mass is 267 g/mol. The van der Waals surface area contributed by atoms with E-state index in [0.29, 0.717) is 6.54 Å². The van der Waals surface area contributed by atoms with Gasteiger partial charge in [0, 0.05) is 18.2 Å². The molecule has 1 saturated carbocycles. The highest BCUT2D eigenvalue weighted by molar-refractivity contribution is 5.50. The number of non-ortho nitro benzene ring substituents is 1. The zero-order valence-corrected chi connectivity index (χ0v) is 10.7. The smallest absolute Gasteiger partial charge is 0.272 e. The molecular weight excluding hydrogens is 249 g/mol. The second kappa shape index (κ2) is 5.52. The Hall–Kier alpha value is -1.69. The molecule has 0 saturated heterocycles. The molecule has 0 aromatic heterocycles. The van der Waals surface area contributed by atoms with Crippen LogP contribution in [0, 0.1) is 15.9 Å². The Kier molecular flexibility index (Phi) is 3.99. The molecule has 0 heterocycles. The summed E-state index contributed by atoms with van der Waals surface area (Å²) in [7, 11) is 0. The van der Waals surface area contributed by atoms with Crippen LogP contribution in [0.15, 0.2) is 18.2 Å². The predicted molar refractivity (Wildman–Crippen MR) is 71.5 cm³/mol. The molecular formula is C13H18FN3O2. The van der Waals surface area contributed by atoms with Gasteiger partial charge in [0.15, 0.2) is 5.82 Å². The fourth-order valence-electron chi connectivity index (χ4n) is 2.46. The maximum atomic E-state index is 13.7. The van der Waals surface area contributed by atoms with E-state index in [-0.39, 0.29) is 16.9 Å². The third kappa shape index (κ3) is 3.41. The van der Waals surface area contributed by atoms with Crippen molar-refractivity contribution in [3.63, 3.8) is 0 Å². The number of nitrogens with one attached hydrogen (secondary N) is 1. The third-order valence-electron chi connectivity index (χ3n) is 3.64. The molecule has 1 fully saturated rings. The van der Waals surface area contributed by atoms with Crippen molar-refractivity contribution in [3.8, 4) is 0 Å². The summed E-state index contributed by atoms with van der Waals surface area (Å²) in [5, 5.41) is 13.5. The van der Waals surface area contributed by atoms with E-state index >= 15 is 0 Å². The van der Waals surface area contributed by atoms with Crippen LogP contribution in [0.5, 0.6) is 0 Å². The van der Waals surface area contributed by atoms with E-state index in [1.807, 2.05) is 0 Å². The zero-order chi connectivity index (χ0) is 13.9. The lowest BCUT2D eigenvalue weighted by Gasteiger charge is -2.33. The fraction of sp³-hybridized carbons (Fsp3) is 0.538. The first-order valence-electron chi connectivity index (χ1n) is 6.47. The topological polar surface area (TPSA) is 81.2 Å². The molecule has 6 heteroatoms. The molecule has 1 aliphatic rings. The van der Waals surface area contributed by atoms with Gasteiger partial charge in [0.25, 0.3) is 5.69 Å². The number of hydrogen-bond donors (Lipinski definition) is 2. The Morgan fingerprint density at radius 2 is 2.05 bits per heavy atom. The molecule has 104 valence electrons. The second-order valence-electron chi connectivity index (χ2n) is 5.20. The zero-order valence-electron chi connectivity index (χ0n) is 10.7. The first kappa shape index (κ1) is 13.7. The number of halogens is 1. The summed E-state index contributed by atoms with van der Waals surface area (Å²) in [6, 6.07) is 3.60. The lowest BCUT2D eigenvalue weighted by atomic mass is 9.82. The standard InChI is InChI=1S/C13H18FN3O2/c14-11-8-10(17(18)19)4-5-12(11)16-9-13(15)6-2-1-3-7-13/h4-5,8,16H,1-3,6-7,9,15H2. The first-order valence-corrected chi connectivity index (χ1v) is 6.47. The van der Waals surface area contributed by atoms with Gasteiger partial charge in [0.2, 0.25) is 0 Å². The third-order valence-corrected chi connectivity index (χ3v) is 3.64. The molecule has 3 N–H and O–H groups in total. The average molecular weight is 267 g/mol. The Morgan fingerprint density at radius 3 is 2.63 bits per heavy atom. The Labute approximate surface area is 111 Å². The van der Waals surface area contributed by atoms with E-state index < -0.39 is 10.7 Å². The first-order chi connectivity index (χ1) is 9.00. The van der Waals surface area contributed by atoms with Crippen molar-refractivity contribution in [1.82, 2.24) is 0 Å². The summed E-state index contributed by atoms with van der Waals surface area (Å²) in [5.74, 6) is -0.617. The van der Waals surface area contributed by atoms with Gasteiger partial charge in [0.1, 0.15) is 0 Å². The number of nitro groups is 1. The second-order valence-corrected chi connectivity index (χ2v) is 5.20. The van der Waals surface area contributed by atoms with Crippen molar-refractivity contribution in [2.75, 3.05) is 11.9 Å². The van der Waals surface area contributed by atoms with Gasteiger partial charge in [-0.25, -0.2) is 4.39 Å². The molecule has 0 radical (unpaired) electrons. The van der Waals surface area contributed by atoms with Crippen LogP contribution >= 0.6 is 0 Å². The Morgan fingerprint density at radius 1 is 1.37 bits per heavy atom. The average Bonchev–Trinajstić information content (AvgIpc) is 2.38. The van der Waals surface area contributed by atoms with Crippen LogP contribution in [0.1, 0.15) is 32.1 Å². The Bertz CT molecular complexity index is 473. The van der Waals surface area contributed by atoms with E-state index in [9.17, 15) is 14.5 Å². The molecule has 0 bridgehead atoms. The molecule has 0 aliphatic heterocycles. The normalized spacial score (nSPS) is 18.0. The summed E-state index contributed by atoms with van der Waals surface area (Å²) in [6.45, 7) is 0.488. The van der Waals surface area contributed by atoms with Crippen LogP contribution < -0.4 is 11.1 Å². The number of nitro benzene ring substituents is 1. The largest absolute Gasteiger partial charge is 0.381 e. The van der Waals surface area contributed by atoms with Crippen molar-refractivity contribution in [2.24, 2.45) is 5.73 Å². The fourth-order valence-corrected chi connectivity index (χ4v) is 2.46. The van der Waals surface area contributed by atoms with Gasteiger partial charge >= 0.3 is 0 Å². The highest BCUT2D eigenvalue weighted by Gasteiger charge is 2.27. The van der Waals surface area contributed by atoms with Gasteiger partial charge in [-0.1, -0.05) is 19.3 Å².